The molecule has 228 valence electrons. The summed E-state index contributed by atoms with van der Waals surface area (Å²) < 4.78 is 1.83. The molecule has 43 heavy (non-hydrogen) atoms. The Hall–Kier alpha value is -4.05. The van der Waals surface area contributed by atoms with E-state index in [1.165, 1.54) is 0 Å². The molecule has 10 nitrogen and oxygen atoms in total. The molecule has 6 rings (SSSR count). The number of likely N-dealkylation sites (tertiary alicyclic amines) is 1. The number of hydrogen-bond donors (Lipinski definition) is 4. The molecule has 0 aliphatic carbocycles. The van der Waals surface area contributed by atoms with Gasteiger partial charge in [0.05, 0.1) is 11.0 Å². The summed E-state index contributed by atoms with van der Waals surface area (Å²) in [7, 11) is 1.86. The van der Waals surface area contributed by atoms with E-state index in [1.54, 1.807) is 9.80 Å². The largest absolute Gasteiger partial charge is 0.361 e. The quantitative estimate of drug-likeness (QED) is 0.248. The molecule has 0 saturated carbocycles. The number of hydrogen-bond acceptors (Lipinski definition) is 4. The fourth-order valence-corrected chi connectivity index (χ4v) is 6.93. The molecule has 0 spiro atoms. The second-order valence-electron chi connectivity index (χ2n) is 12.3. The van der Waals surface area contributed by atoms with Crippen molar-refractivity contribution in [2.75, 3.05) is 39.8 Å². The predicted octanol–water partition coefficient (Wildman–Crippen LogP) is 4.18. The lowest BCUT2D eigenvalue weighted by Gasteiger charge is -2.35. The summed E-state index contributed by atoms with van der Waals surface area (Å²) in [5, 5.41) is 7.61. The van der Waals surface area contributed by atoms with Crippen LogP contribution >= 0.6 is 0 Å². The third-order valence-corrected chi connectivity index (χ3v) is 9.61. The zero-order chi connectivity index (χ0) is 29.9. The first kappa shape index (κ1) is 29.0. The number of carbonyl (C=O) groups is 2. The van der Waals surface area contributed by atoms with Gasteiger partial charge < -0.3 is 30.4 Å². The van der Waals surface area contributed by atoms with E-state index in [-0.39, 0.29) is 29.6 Å². The maximum absolute atomic E-state index is 14.0. The molecular formula is C33H43N7O3. The number of para-hydroxylation sites is 3. The Morgan fingerprint density at radius 2 is 1.70 bits per heavy atom. The summed E-state index contributed by atoms with van der Waals surface area (Å²) in [4.78, 5) is 50.3. The second kappa shape index (κ2) is 12.7. The molecular weight excluding hydrogens is 542 g/mol. The number of rotatable bonds is 8. The third kappa shape index (κ3) is 6.06. The summed E-state index contributed by atoms with van der Waals surface area (Å²) in [6.07, 6.45) is 6.53. The summed E-state index contributed by atoms with van der Waals surface area (Å²) in [6, 6.07) is 14.8. The van der Waals surface area contributed by atoms with Crippen LogP contribution in [-0.2, 0) is 4.79 Å². The molecule has 2 aromatic heterocycles. The number of benzene rings is 2. The van der Waals surface area contributed by atoms with Crippen LogP contribution in [0.3, 0.4) is 0 Å². The highest BCUT2D eigenvalue weighted by Crippen LogP contribution is 2.30. The second-order valence-corrected chi connectivity index (χ2v) is 12.3. The highest BCUT2D eigenvalue weighted by molar-refractivity contribution is 5.90. The lowest BCUT2D eigenvalue weighted by atomic mass is 9.91. The summed E-state index contributed by atoms with van der Waals surface area (Å²) in [6.45, 7) is 5.78. The Labute approximate surface area is 251 Å². The molecule has 0 bridgehead atoms. The molecule has 2 fully saturated rings. The Morgan fingerprint density at radius 3 is 2.47 bits per heavy atom. The molecule has 4 N–H and O–H groups in total. The number of H-pyrrole nitrogens is 2. The lowest BCUT2D eigenvalue weighted by molar-refractivity contribution is -0.132. The minimum atomic E-state index is -0.710. The van der Waals surface area contributed by atoms with Crippen molar-refractivity contribution in [2.24, 2.45) is 5.92 Å². The number of nitrogens with one attached hydrogen (secondary N) is 4. The summed E-state index contributed by atoms with van der Waals surface area (Å²) in [5.41, 5.74) is 3.62. The van der Waals surface area contributed by atoms with Crippen LogP contribution in [0, 0.1) is 5.92 Å². The van der Waals surface area contributed by atoms with Crippen molar-refractivity contribution in [3.8, 4) is 0 Å². The number of aromatic nitrogens is 3. The fourth-order valence-electron chi connectivity index (χ4n) is 6.93. The van der Waals surface area contributed by atoms with Gasteiger partial charge in [0, 0.05) is 55.7 Å². The van der Waals surface area contributed by atoms with Crippen LogP contribution in [-0.4, -0.2) is 82.1 Å². The normalized spacial score (nSPS) is 18.1. The maximum atomic E-state index is 14.0. The minimum Gasteiger partial charge on any atom is -0.361 e. The molecule has 2 aliphatic heterocycles. The van der Waals surface area contributed by atoms with Crippen molar-refractivity contribution in [1.82, 2.24) is 35.0 Å². The third-order valence-electron chi connectivity index (χ3n) is 9.61. The van der Waals surface area contributed by atoms with E-state index in [0.717, 1.165) is 59.9 Å². The first-order valence-corrected chi connectivity index (χ1v) is 15.7. The number of likely N-dealkylation sites (N-methyl/N-ethyl adjacent to an activating group) is 1. The van der Waals surface area contributed by atoms with Gasteiger partial charge in [-0.25, -0.2) is 9.59 Å². The molecule has 10 heteroatoms. The maximum Gasteiger partial charge on any atom is 0.326 e. The average Bonchev–Trinajstić information content (AvgIpc) is 3.62. The van der Waals surface area contributed by atoms with Crippen molar-refractivity contribution < 1.29 is 9.59 Å². The predicted molar refractivity (Wildman–Crippen MR) is 169 cm³/mol. The van der Waals surface area contributed by atoms with Gasteiger partial charge in [0.2, 0.25) is 5.91 Å². The number of aromatic amines is 2. The summed E-state index contributed by atoms with van der Waals surface area (Å²) >= 11 is 0. The SMILES string of the molecule is C[C@@H](c1c[nH]c2ccccc12)[C@@H](NC(=O)N1CCC(n2c(=O)[nH]c3ccccc32)CC1)C(=O)N(C)CCC1CCNCC1. The van der Waals surface area contributed by atoms with Crippen LogP contribution in [0.25, 0.3) is 21.9 Å². The minimum absolute atomic E-state index is 0.0105. The smallest absolute Gasteiger partial charge is 0.326 e. The fraction of sp³-hybridized carbons (Fsp3) is 0.485. The number of piperidine rings is 2. The first-order valence-electron chi connectivity index (χ1n) is 15.7. The zero-order valence-electron chi connectivity index (χ0n) is 25.1. The molecule has 0 radical (unpaired) electrons. The molecule has 3 amide bonds. The first-order chi connectivity index (χ1) is 20.9. The van der Waals surface area contributed by atoms with Gasteiger partial charge in [-0.05, 0) is 74.9 Å². The molecule has 0 unspecified atom stereocenters. The molecule has 2 atom stereocenters. The van der Waals surface area contributed by atoms with Crippen LogP contribution in [0.15, 0.2) is 59.5 Å². The number of urea groups is 1. The van der Waals surface area contributed by atoms with E-state index in [9.17, 15) is 14.4 Å². The van der Waals surface area contributed by atoms with Gasteiger partial charge >= 0.3 is 11.7 Å². The topological polar surface area (TPSA) is 118 Å². The van der Waals surface area contributed by atoms with Crippen LogP contribution < -0.4 is 16.3 Å². The highest BCUT2D eigenvalue weighted by atomic mass is 16.2. The van der Waals surface area contributed by atoms with E-state index in [2.05, 4.69) is 26.7 Å². The average molecular weight is 586 g/mol. The highest BCUT2D eigenvalue weighted by Gasteiger charge is 2.34. The van der Waals surface area contributed by atoms with E-state index in [1.807, 2.05) is 67.2 Å². The van der Waals surface area contributed by atoms with Gasteiger partial charge in [-0.1, -0.05) is 37.3 Å². The molecule has 2 saturated heterocycles. The van der Waals surface area contributed by atoms with Gasteiger partial charge in [0.25, 0.3) is 0 Å². The van der Waals surface area contributed by atoms with Crippen LogP contribution in [0.4, 0.5) is 4.79 Å². The van der Waals surface area contributed by atoms with Gasteiger partial charge in [0.15, 0.2) is 0 Å². The number of amides is 3. The molecule has 2 aliphatic rings. The number of carbonyl (C=O) groups excluding carboxylic acids is 2. The Bertz CT molecular complexity index is 1620. The van der Waals surface area contributed by atoms with Crippen LogP contribution in [0.2, 0.25) is 0 Å². The van der Waals surface area contributed by atoms with E-state index >= 15 is 0 Å². The van der Waals surface area contributed by atoms with E-state index in [4.69, 9.17) is 0 Å². The zero-order valence-corrected chi connectivity index (χ0v) is 25.1. The monoisotopic (exact) mass is 585 g/mol. The van der Waals surface area contributed by atoms with Gasteiger partial charge in [-0.3, -0.25) is 9.36 Å². The number of nitrogens with zero attached hydrogens (tertiary/aromatic N) is 3. The van der Waals surface area contributed by atoms with Crippen molar-refractivity contribution in [2.45, 2.75) is 57.0 Å². The van der Waals surface area contributed by atoms with Gasteiger partial charge in [-0.15, -0.1) is 0 Å². The van der Waals surface area contributed by atoms with Crippen molar-refractivity contribution in [3.63, 3.8) is 0 Å². The summed E-state index contributed by atoms with van der Waals surface area (Å²) in [5.74, 6) is 0.304. The van der Waals surface area contributed by atoms with Crippen molar-refractivity contribution in [1.29, 1.82) is 0 Å². The Balaban J connectivity index is 1.16. The van der Waals surface area contributed by atoms with Gasteiger partial charge in [-0.2, -0.15) is 0 Å². The number of imidazole rings is 1. The number of fused-ring (bicyclic) bond motifs is 2. The molecule has 4 heterocycles. The van der Waals surface area contributed by atoms with Crippen LogP contribution in [0.1, 0.15) is 56.6 Å². The van der Waals surface area contributed by atoms with E-state index < -0.39 is 6.04 Å². The van der Waals surface area contributed by atoms with Crippen LogP contribution in [0.5, 0.6) is 0 Å². The lowest BCUT2D eigenvalue weighted by Crippen LogP contribution is -2.55. The van der Waals surface area contributed by atoms with Crippen molar-refractivity contribution >= 4 is 33.9 Å². The Morgan fingerprint density at radius 1 is 1.00 bits per heavy atom. The molecule has 4 aromatic rings. The standard InChI is InChI=1S/C33H43N7O3/c1-22(26-21-35-27-8-4-3-7-25(26)27)30(31(41)38(2)18-13-23-11-16-34-17-12-23)37-32(42)39-19-14-24(15-20-39)40-29-10-6-5-9-28(29)36-33(40)43/h3-10,21-24,30,34-35H,11-20H2,1-2H3,(H,36,43)(H,37,42)/t22-,30+/m0/s1. The van der Waals surface area contributed by atoms with E-state index in [0.29, 0.717) is 38.4 Å². The molecule has 2 aromatic carbocycles. The Kier molecular flexibility index (Phi) is 8.56. The van der Waals surface area contributed by atoms with Crippen molar-refractivity contribution in [3.05, 3.63) is 70.8 Å². The van der Waals surface area contributed by atoms with Gasteiger partial charge in [0.1, 0.15) is 6.04 Å².